The van der Waals surface area contributed by atoms with Gasteiger partial charge in [-0.05, 0) is 5.41 Å². The average molecular weight is 115 g/mol. The number of hydrogen-bond acceptors (Lipinski definition) is 2. The predicted molar refractivity (Wildman–Crippen MR) is 31.6 cm³/mol. The fourth-order valence-electron chi connectivity index (χ4n) is 0.473. The molecule has 0 aromatic heterocycles. The van der Waals surface area contributed by atoms with Crippen LogP contribution in [0.3, 0.4) is 0 Å². The summed E-state index contributed by atoms with van der Waals surface area (Å²) in [5, 5.41) is 2.04. The molecular weight excluding hydrogens is 108 g/mol. The minimum atomic E-state index is 0.292. The summed E-state index contributed by atoms with van der Waals surface area (Å²) in [7, 11) is 3.31. The summed E-state index contributed by atoms with van der Waals surface area (Å²) < 4.78 is 4.76. The van der Waals surface area contributed by atoms with Crippen LogP contribution >= 0.6 is 11.8 Å². The molecule has 39 valence electrons. The second kappa shape index (κ2) is 2.38. The Morgan fingerprint density at radius 2 is 2.71 bits per heavy atom. The smallest absolute Gasteiger partial charge is 0.110 e. The monoisotopic (exact) mass is 115 g/mol. The fraction of sp³-hybridized carbons (Fsp3) is 0.400. The Hall–Kier alpha value is 0.0500. The van der Waals surface area contributed by atoms with Crippen molar-refractivity contribution in [3.05, 3.63) is 18.6 Å². The molecule has 7 heavy (non-hydrogen) atoms. The summed E-state index contributed by atoms with van der Waals surface area (Å²) in [4.78, 5) is 0. The summed E-state index contributed by atoms with van der Waals surface area (Å²) in [5.41, 5.74) is 0.292. The third kappa shape index (κ3) is 1.21. The SMILES string of the molecule is [CH2]OC1CC=CS1. The maximum Gasteiger partial charge on any atom is 0.110 e. The van der Waals surface area contributed by atoms with Crippen molar-refractivity contribution >= 4 is 11.8 Å². The second-order valence-corrected chi connectivity index (χ2v) is 2.41. The zero-order chi connectivity index (χ0) is 5.11. The minimum absolute atomic E-state index is 0.292. The molecule has 0 aliphatic carbocycles. The van der Waals surface area contributed by atoms with Crippen LogP contribution in [0, 0.1) is 7.11 Å². The first-order valence-electron chi connectivity index (χ1n) is 2.15. The van der Waals surface area contributed by atoms with Crippen molar-refractivity contribution in [2.45, 2.75) is 11.9 Å². The number of rotatable bonds is 1. The number of hydrogen-bond donors (Lipinski definition) is 0. The van der Waals surface area contributed by atoms with Crippen LogP contribution in [0.5, 0.6) is 0 Å². The first kappa shape index (κ1) is 5.19. The maximum atomic E-state index is 4.76. The highest BCUT2D eigenvalue weighted by Gasteiger charge is 2.06. The Labute approximate surface area is 47.7 Å². The summed E-state index contributed by atoms with van der Waals surface area (Å²) in [6.07, 6.45) is 3.09. The molecule has 0 N–H and O–H groups in total. The summed E-state index contributed by atoms with van der Waals surface area (Å²) in [6.45, 7) is 0. The van der Waals surface area contributed by atoms with Crippen molar-refractivity contribution < 1.29 is 4.74 Å². The van der Waals surface area contributed by atoms with Gasteiger partial charge in [-0.1, -0.05) is 6.08 Å². The van der Waals surface area contributed by atoms with E-state index in [9.17, 15) is 0 Å². The highest BCUT2D eigenvalue weighted by atomic mass is 32.2. The van der Waals surface area contributed by atoms with Crippen molar-refractivity contribution in [3.8, 4) is 0 Å². The van der Waals surface area contributed by atoms with Gasteiger partial charge in [0.25, 0.3) is 0 Å². The lowest BCUT2D eigenvalue weighted by atomic mass is 10.5. The van der Waals surface area contributed by atoms with E-state index in [4.69, 9.17) is 4.74 Å². The van der Waals surface area contributed by atoms with Gasteiger partial charge in [-0.3, -0.25) is 0 Å². The number of thioether (sulfide) groups is 1. The maximum absolute atomic E-state index is 4.76. The van der Waals surface area contributed by atoms with Crippen molar-refractivity contribution in [1.82, 2.24) is 0 Å². The standard InChI is InChI=1S/C5H7OS/c1-6-5-3-2-4-7-5/h2,4-5H,1,3H2. The Morgan fingerprint density at radius 1 is 1.86 bits per heavy atom. The first-order valence-corrected chi connectivity index (χ1v) is 3.09. The van der Waals surface area contributed by atoms with E-state index in [2.05, 4.69) is 13.2 Å². The topological polar surface area (TPSA) is 9.23 Å². The van der Waals surface area contributed by atoms with Gasteiger partial charge in [0.15, 0.2) is 0 Å². The molecule has 1 unspecified atom stereocenters. The zero-order valence-corrected chi connectivity index (χ0v) is 4.78. The molecule has 0 fully saturated rings. The lowest BCUT2D eigenvalue weighted by molar-refractivity contribution is 0.220. The summed E-state index contributed by atoms with van der Waals surface area (Å²) in [6, 6.07) is 0. The second-order valence-electron chi connectivity index (χ2n) is 1.34. The largest absolute Gasteiger partial charge is 0.365 e. The van der Waals surface area contributed by atoms with Crippen LogP contribution in [-0.4, -0.2) is 5.44 Å². The molecule has 0 aromatic carbocycles. The van der Waals surface area contributed by atoms with E-state index in [1.165, 1.54) is 0 Å². The van der Waals surface area contributed by atoms with Gasteiger partial charge < -0.3 is 4.74 Å². The Balaban J connectivity index is 2.22. The highest BCUT2D eigenvalue weighted by molar-refractivity contribution is 8.02. The molecule has 0 aromatic rings. The van der Waals surface area contributed by atoms with Crippen LogP contribution in [0.4, 0.5) is 0 Å². The van der Waals surface area contributed by atoms with E-state index < -0.39 is 0 Å². The van der Waals surface area contributed by atoms with Crippen molar-refractivity contribution in [3.63, 3.8) is 0 Å². The molecule has 1 aliphatic heterocycles. The van der Waals surface area contributed by atoms with Gasteiger partial charge in [0.2, 0.25) is 0 Å². The van der Waals surface area contributed by atoms with E-state index in [1.54, 1.807) is 11.8 Å². The van der Waals surface area contributed by atoms with E-state index >= 15 is 0 Å². The van der Waals surface area contributed by atoms with E-state index in [-0.39, 0.29) is 0 Å². The Morgan fingerprint density at radius 3 is 3.00 bits per heavy atom. The minimum Gasteiger partial charge on any atom is -0.365 e. The van der Waals surface area contributed by atoms with Gasteiger partial charge in [0, 0.05) is 6.42 Å². The molecule has 1 nitrogen and oxygen atoms in total. The quantitative estimate of drug-likeness (QED) is 0.515. The molecule has 0 saturated heterocycles. The first-order chi connectivity index (χ1) is 3.43. The molecule has 1 aliphatic rings. The van der Waals surface area contributed by atoms with Gasteiger partial charge in [-0.15, -0.1) is 11.8 Å². The summed E-state index contributed by atoms with van der Waals surface area (Å²) >= 11 is 1.68. The molecule has 0 amide bonds. The van der Waals surface area contributed by atoms with E-state index in [1.807, 2.05) is 5.41 Å². The normalized spacial score (nSPS) is 29.0. The fourth-order valence-corrected chi connectivity index (χ4v) is 1.17. The van der Waals surface area contributed by atoms with Crippen molar-refractivity contribution in [2.75, 3.05) is 0 Å². The Kier molecular flexibility index (Phi) is 1.77. The van der Waals surface area contributed by atoms with Crippen LogP contribution in [0.2, 0.25) is 0 Å². The molecular formula is C5H7OS. The van der Waals surface area contributed by atoms with Crippen molar-refractivity contribution in [2.24, 2.45) is 0 Å². The van der Waals surface area contributed by atoms with Crippen LogP contribution < -0.4 is 0 Å². The van der Waals surface area contributed by atoms with Crippen LogP contribution in [0.25, 0.3) is 0 Å². The molecule has 0 saturated carbocycles. The third-order valence-corrected chi connectivity index (χ3v) is 1.82. The van der Waals surface area contributed by atoms with Crippen LogP contribution in [-0.2, 0) is 4.74 Å². The van der Waals surface area contributed by atoms with Gasteiger partial charge in [-0.2, -0.15) is 0 Å². The molecule has 0 spiro atoms. The molecule has 1 heterocycles. The average Bonchev–Trinajstić information content (AvgIpc) is 2.14. The lowest BCUT2D eigenvalue weighted by Crippen LogP contribution is -1.95. The zero-order valence-electron chi connectivity index (χ0n) is 3.96. The van der Waals surface area contributed by atoms with Crippen LogP contribution in [0.15, 0.2) is 11.5 Å². The van der Waals surface area contributed by atoms with Crippen LogP contribution in [0.1, 0.15) is 6.42 Å². The summed E-state index contributed by atoms with van der Waals surface area (Å²) in [5.74, 6) is 0. The molecule has 0 bridgehead atoms. The Bertz CT molecular complexity index is 72.1. The van der Waals surface area contributed by atoms with Gasteiger partial charge in [0.05, 0.1) is 7.11 Å². The number of ether oxygens (including phenoxy) is 1. The van der Waals surface area contributed by atoms with E-state index in [0.717, 1.165) is 6.42 Å². The lowest BCUT2D eigenvalue weighted by Gasteiger charge is -2.01. The molecule has 1 rings (SSSR count). The van der Waals surface area contributed by atoms with E-state index in [0.29, 0.717) is 5.44 Å². The van der Waals surface area contributed by atoms with Gasteiger partial charge in [-0.25, -0.2) is 0 Å². The molecule has 2 heteroatoms. The van der Waals surface area contributed by atoms with Crippen molar-refractivity contribution in [1.29, 1.82) is 0 Å². The van der Waals surface area contributed by atoms with Gasteiger partial charge >= 0.3 is 0 Å². The molecule has 1 atom stereocenters. The third-order valence-electron chi connectivity index (χ3n) is 0.841. The molecule has 1 radical (unpaired) electrons. The highest BCUT2D eigenvalue weighted by Crippen LogP contribution is 2.23. The predicted octanol–water partition coefficient (Wildman–Crippen LogP) is 1.77. The van der Waals surface area contributed by atoms with Gasteiger partial charge in [0.1, 0.15) is 5.44 Å².